The number of carbonyl (C=O) groups is 3. The Hall–Kier alpha value is -12.2. The zero-order chi connectivity index (χ0) is 68.7. The number of rotatable bonds is 13. The number of alkyl halides is 2. The topological polar surface area (TPSA) is 325 Å². The van der Waals surface area contributed by atoms with E-state index in [0.29, 0.717) is 92.2 Å². The number of nitrogens with one attached hydrogen (secondary N) is 6. The lowest BCUT2D eigenvalue weighted by Gasteiger charge is -2.31. The van der Waals surface area contributed by atoms with Crippen LogP contribution < -0.4 is 46.6 Å². The third-order valence-corrected chi connectivity index (χ3v) is 18.8. The Morgan fingerprint density at radius 3 is 1.49 bits per heavy atom. The molecule has 3 fully saturated rings. The first-order valence-electron chi connectivity index (χ1n) is 33.2. The smallest absolute Gasteiger partial charge is 0.320 e. The summed E-state index contributed by atoms with van der Waals surface area (Å²) in [4.78, 5) is 85.3. The molecule has 6 aliphatic rings. The first-order valence-corrected chi connectivity index (χ1v) is 33.2. The Morgan fingerprint density at radius 2 is 0.960 bits per heavy atom. The van der Waals surface area contributed by atoms with Crippen LogP contribution in [0.15, 0.2) is 153 Å². The maximum Gasteiger partial charge on any atom is 0.320 e. The summed E-state index contributed by atoms with van der Waals surface area (Å²) in [5.41, 5.74) is 14.7. The van der Waals surface area contributed by atoms with Gasteiger partial charge >= 0.3 is 6.55 Å². The molecule has 8 N–H and O–H groups in total. The largest absolute Gasteiger partial charge is 0.393 e. The predicted octanol–water partition coefficient (Wildman–Crippen LogP) is 8.59. The van der Waals surface area contributed by atoms with Crippen molar-refractivity contribution in [2.24, 2.45) is 0 Å². The number of imidazole rings is 2. The molecule has 28 nitrogen and oxygen atoms in total. The molecule has 3 amide bonds. The Kier molecular flexibility index (Phi) is 17.2. The number of morpholine rings is 1. The molecule has 18 rings (SSSR count). The quantitative estimate of drug-likeness (QED) is 0.0535. The summed E-state index contributed by atoms with van der Waals surface area (Å²) in [7, 11) is 0. The molecule has 12 aromatic rings. The van der Waals surface area contributed by atoms with Gasteiger partial charge in [0.05, 0.1) is 149 Å². The van der Waals surface area contributed by atoms with Crippen molar-refractivity contribution >= 4 is 91.6 Å². The molecule has 0 aliphatic carbocycles. The number of nitrogens with zero attached hydrogens (tertiary/aromatic N) is 16. The maximum absolute atomic E-state index is 13.4. The van der Waals surface area contributed by atoms with Gasteiger partial charge in [0.25, 0.3) is 17.7 Å². The van der Waals surface area contributed by atoms with Gasteiger partial charge in [0, 0.05) is 111 Å². The van der Waals surface area contributed by atoms with Crippen LogP contribution in [0.2, 0.25) is 0 Å². The maximum atomic E-state index is 13.4. The van der Waals surface area contributed by atoms with Gasteiger partial charge in [0.2, 0.25) is 0 Å². The van der Waals surface area contributed by atoms with Crippen molar-refractivity contribution in [2.45, 2.75) is 64.1 Å². The summed E-state index contributed by atoms with van der Waals surface area (Å²) < 4.78 is 36.6. The summed E-state index contributed by atoms with van der Waals surface area (Å²) in [5.74, 6) is 1.34. The highest BCUT2D eigenvalue weighted by Crippen LogP contribution is 2.39. The fraction of sp³-hybridized carbons (Fsp3) is 0.254. The van der Waals surface area contributed by atoms with Gasteiger partial charge in [-0.25, -0.2) is 34.4 Å². The second-order valence-corrected chi connectivity index (χ2v) is 24.9. The van der Waals surface area contributed by atoms with Crippen molar-refractivity contribution in [3.63, 3.8) is 0 Å². The van der Waals surface area contributed by atoms with E-state index in [4.69, 9.17) is 9.72 Å². The van der Waals surface area contributed by atoms with Crippen LogP contribution >= 0.6 is 0 Å². The third kappa shape index (κ3) is 12.6. The second-order valence-electron chi connectivity index (χ2n) is 24.9. The Bertz CT molecular complexity index is 5110. The monoisotopic (exact) mass is 1360 g/mol. The SMILES string of the molecule is O=C1NCc2c(-c3ccnc4c3ccn4C(F)F)ncc(Nc3ccc(N4CCC(O)CC4)cn3)c21.O=C1NCc2c(-c3cnc4ccccn34)ncc(Nc3ccc(N4CCOCC4)cn3)c21.O=C1NCc2c(-c3cnc4cccnn34)ncc(Nc3ccc(N4CCC(O)CC4)cn3)c21. The number of fused-ring (bicyclic) bond motifs is 6. The average molecular weight is 1360 g/mol. The number of halogens is 2. The minimum Gasteiger partial charge on any atom is -0.393 e. The van der Waals surface area contributed by atoms with Crippen LogP contribution in [0.1, 0.15) is 80.0 Å². The molecule has 101 heavy (non-hydrogen) atoms. The molecule has 30 heteroatoms. The second kappa shape index (κ2) is 27.3. The molecule has 0 radical (unpaired) electrons. The molecule has 6 aliphatic heterocycles. The van der Waals surface area contributed by atoms with E-state index in [1.807, 2.05) is 89.7 Å². The van der Waals surface area contributed by atoms with E-state index in [0.717, 1.165) is 139 Å². The summed E-state index contributed by atoms with van der Waals surface area (Å²) >= 11 is 0. The average Bonchev–Trinajstić information content (AvgIpc) is 1.65. The van der Waals surface area contributed by atoms with Gasteiger partial charge in [0.1, 0.15) is 34.4 Å². The number of hydrogen-bond donors (Lipinski definition) is 8. The molecule has 0 bridgehead atoms. The number of anilines is 9. The summed E-state index contributed by atoms with van der Waals surface area (Å²) in [6.07, 6.45) is 22.8. The molecule has 0 saturated carbocycles. The van der Waals surface area contributed by atoms with Gasteiger partial charge in [0.15, 0.2) is 5.65 Å². The Morgan fingerprint density at radius 1 is 0.475 bits per heavy atom. The summed E-state index contributed by atoms with van der Waals surface area (Å²) in [6.45, 7) is 4.73. The van der Waals surface area contributed by atoms with Crippen molar-refractivity contribution < 1.29 is 38.1 Å². The van der Waals surface area contributed by atoms with E-state index in [-0.39, 0.29) is 42.1 Å². The number of amides is 3. The highest BCUT2D eigenvalue weighted by atomic mass is 19.3. The lowest BCUT2D eigenvalue weighted by molar-refractivity contribution is 0.0746. The number of pyridine rings is 8. The van der Waals surface area contributed by atoms with E-state index in [1.54, 1.807) is 60.0 Å². The minimum atomic E-state index is -2.71. The van der Waals surface area contributed by atoms with E-state index < -0.39 is 6.55 Å². The number of piperidine rings is 2. The number of aliphatic hydroxyl groups excluding tert-OH is 2. The van der Waals surface area contributed by atoms with Crippen molar-refractivity contribution in [1.29, 1.82) is 0 Å². The van der Waals surface area contributed by atoms with Gasteiger partial charge in [-0.05, 0) is 98.5 Å². The number of hydrogen-bond acceptors (Lipinski definition) is 22. The van der Waals surface area contributed by atoms with E-state index >= 15 is 0 Å². The van der Waals surface area contributed by atoms with Crippen LogP contribution in [0.5, 0.6) is 0 Å². The van der Waals surface area contributed by atoms with Crippen LogP contribution in [-0.4, -0.2) is 156 Å². The molecular formula is C71H66F2N22O6. The summed E-state index contributed by atoms with van der Waals surface area (Å²) in [6, 6.07) is 24.5. The van der Waals surface area contributed by atoms with Gasteiger partial charge < -0.3 is 61.6 Å². The van der Waals surface area contributed by atoms with Crippen molar-refractivity contribution in [2.75, 3.05) is 83.1 Å². The zero-order valence-electron chi connectivity index (χ0n) is 54.2. The molecular weight excluding hydrogens is 1290 g/mol. The molecule has 3 saturated heterocycles. The molecule has 0 spiro atoms. The first-order chi connectivity index (χ1) is 49.4. The van der Waals surface area contributed by atoms with E-state index in [1.165, 1.54) is 12.4 Å². The van der Waals surface area contributed by atoms with Crippen molar-refractivity contribution in [1.82, 2.24) is 79.4 Å². The standard InChI is InChI=1S/C25H23F2N7O2.C23H22N8O2.C23H21N7O2/c26-25(27)34-10-6-17-16(3-7-28-23(17)34)22-18-12-31-24(36)21(18)19(13-30-22)32-20-2-1-14(11-29-20)33-8-4-15(35)5-9-33;32-15-5-8-30(9-6-15)14-3-4-19(24-10-14)29-17-12-26-22(16-11-27-23(33)21(16)17)18-13-25-20-2-1-7-28-31(18)20;31-23-21-16(12-27-23)22(18-14-25-20-3-1-2-6-30(18)20)26-13-17(21)28-19-5-4-15(11-24-19)29-7-9-32-10-8-29/h1-3,6-7,10-11,13,15,25,35H,4-5,8-9,12H2,(H,29,32)(H,31,36);1-4,7,10,12-13,15,32H,5-6,8-9,11H2,(H,24,29)(H,27,33);1-6,11,13-14H,7-10,12H2,(H,24,28)(H,27,31). The number of carbonyl (C=O) groups excluding carboxylic acids is 3. The molecule has 0 aromatic carbocycles. The fourth-order valence-electron chi connectivity index (χ4n) is 13.6. The highest BCUT2D eigenvalue weighted by molar-refractivity contribution is 6.08. The van der Waals surface area contributed by atoms with E-state index in [2.05, 4.69) is 91.6 Å². The summed E-state index contributed by atoms with van der Waals surface area (Å²) in [5, 5.41) is 42.7. The van der Waals surface area contributed by atoms with Crippen LogP contribution in [-0.2, 0) is 24.4 Å². The van der Waals surface area contributed by atoms with E-state index in [9.17, 15) is 33.4 Å². The van der Waals surface area contributed by atoms with Crippen LogP contribution in [0.25, 0.3) is 56.4 Å². The molecule has 12 aromatic heterocycles. The molecule has 510 valence electrons. The zero-order valence-corrected chi connectivity index (χ0v) is 54.2. The van der Waals surface area contributed by atoms with Gasteiger partial charge in [-0.2, -0.15) is 13.9 Å². The fourth-order valence-corrected chi connectivity index (χ4v) is 13.6. The number of aliphatic hydroxyl groups is 2. The number of ether oxygens (including phenoxy) is 1. The molecule has 0 atom stereocenters. The van der Waals surface area contributed by atoms with Crippen molar-refractivity contribution in [3.05, 3.63) is 187 Å². The lowest BCUT2D eigenvalue weighted by atomic mass is 10.0. The van der Waals surface area contributed by atoms with Crippen molar-refractivity contribution in [3.8, 4) is 34.0 Å². The highest BCUT2D eigenvalue weighted by Gasteiger charge is 2.33. The van der Waals surface area contributed by atoms with Gasteiger partial charge in [-0.1, -0.05) is 6.07 Å². The Labute approximate surface area is 574 Å². The van der Waals surface area contributed by atoms with Crippen LogP contribution in [0, 0.1) is 0 Å². The third-order valence-electron chi connectivity index (χ3n) is 18.8. The lowest BCUT2D eigenvalue weighted by Crippen LogP contribution is -2.36. The van der Waals surface area contributed by atoms with Gasteiger partial charge in [-0.15, -0.1) is 0 Å². The van der Waals surface area contributed by atoms with Crippen LogP contribution in [0.3, 0.4) is 0 Å². The first kappa shape index (κ1) is 63.6. The minimum absolute atomic E-state index is 0.120. The van der Waals surface area contributed by atoms with Crippen LogP contribution in [0.4, 0.5) is 60.4 Å². The molecule has 0 unspecified atom stereocenters. The molecule has 18 heterocycles. The normalized spacial score (nSPS) is 15.9. The van der Waals surface area contributed by atoms with Gasteiger partial charge in [-0.3, -0.25) is 38.3 Å². The number of aromatic nitrogens is 13. The Balaban J connectivity index is 0.000000118. The predicted molar refractivity (Wildman–Crippen MR) is 373 cm³/mol.